The predicted octanol–water partition coefficient (Wildman–Crippen LogP) is 27.4. The van der Waals surface area contributed by atoms with Gasteiger partial charge in [-0.1, -0.05) is 333 Å². The zero-order chi connectivity index (χ0) is 68.7. The van der Waals surface area contributed by atoms with Gasteiger partial charge in [0.1, 0.15) is 0 Å². The molecule has 0 saturated heterocycles. The third-order valence-electron chi connectivity index (χ3n) is 11.7. The quantitative estimate of drug-likeness (QED) is 0.0968. The maximum atomic E-state index is 4.60. The Morgan fingerprint density at radius 3 is 0.393 bits per heavy atom. The molecule has 6 aromatic carbocycles. The summed E-state index contributed by atoms with van der Waals surface area (Å²) in [5, 5.41) is 27.6. The fourth-order valence-electron chi connectivity index (χ4n) is 8.24. The number of hydrogen-bond donors (Lipinski definition) is 0. The van der Waals surface area contributed by atoms with E-state index < -0.39 is 0 Å². The molecule has 6 aromatic rings. The van der Waals surface area contributed by atoms with Crippen LogP contribution in [0.25, 0.3) is 31.9 Å². The van der Waals surface area contributed by atoms with Crippen LogP contribution in [0.5, 0.6) is 0 Å². The van der Waals surface area contributed by atoms with Crippen molar-refractivity contribution in [1.29, 1.82) is 0 Å². The minimum absolute atomic E-state index is 0.275. The zero-order valence-electron chi connectivity index (χ0n) is 61.6. The molecule has 11 heteroatoms. The van der Waals surface area contributed by atoms with Crippen LogP contribution in [0, 0.1) is 116 Å². The van der Waals surface area contributed by atoms with Crippen LogP contribution in [0.15, 0.2) is 116 Å². The second-order valence-electron chi connectivity index (χ2n) is 31.6. The normalized spacial score (nSPS) is 11.2. The van der Waals surface area contributed by atoms with Crippen LogP contribution < -0.4 is 0 Å². The molecule has 0 aliphatic heterocycles. The van der Waals surface area contributed by atoms with E-state index in [0.717, 1.165) is 82.3 Å². The van der Waals surface area contributed by atoms with Gasteiger partial charge in [0.25, 0.3) is 0 Å². The van der Waals surface area contributed by atoms with E-state index >= 15 is 0 Å². The van der Waals surface area contributed by atoms with Crippen molar-refractivity contribution in [3.8, 4) is 0 Å². The third-order valence-corrected chi connectivity index (χ3v) is 12.6. The van der Waals surface area contributed by atoms with Crippen LogP contribution in [-0.2, 0) is 34.5 Å². The number of aryl methyl sites for hydroxylation is 12. The zero-order valence-corrected chi connectivity index (χ0v) is 65.2. The van der Waals surface area contributed by atoms with Gasteiger partial charge in [-0.05, 0) is 83.1 Å². The first-order valence-corrected chi connectivity index (χ1v) is 33.6. The summed E-state index contributed by atoms with van der Waals surface area (Å²) in [5.41, 5.74) is 23.8. The van der Waals surface area contributed by atoms with Crippen LogP contribution in [0.3, 0.4) is 0 Å². The predicted molar refractivity (Wildman–Crippen MR) is 391 cm³/mol. The molecule has 0 aromatic heterocycles. The molecule has 0 atom stereocenters. The van der Waals surface area contributed by atoms with E-state index in [1.54, 1.807) is 0 Å². The average Bonchev–Trinajstić information content (AvgIpc) is 3.49. The maximum absolute atomic E-state index is 4.60. The van der Waals surface area contributed by atoms with Crippen molar-refractivity contribution in [2.75, 3.05) is 39.3 Å². The summed E-state index contributed by atoms with van der Waals surface area (Å²) < 4.78 is 7.16. The van der Waals surface area contributed by atoms with E-state index in [1.165, 1.54) is 66.8 Å². The first-order valence-electron chi connectivity index (χ1n) is 31.6. The summed E-state index contributed by atoms with van der Waals surface area (Å²) in [4.78, 5) is 0. The van der Waals surface area contributed by atoms with Gasteiger partial charge in [-0.15, -0.1) is 73.4 Å². The number of hydrogen-bond acceptors (Lipinski definition) is 2. The average molecular weight is 1300 g/mol. The fourth-order valence-corrected chi connectivity index (χ4v) is 9.13. The molecule has 0 heterocycles. The first-order chi connectivity index (χ1) is 40.6. The third kappa shape index (κ3) is 49.7. The van der Waals surface area contributed by atoms with Crippen molar-refractivity contribution in [2.24, 2.45) is 39.6 Å². The Bertz CT molecular complexity index is 2380. The number of rotatable bonds is 14. The van der Waals surface area contributed by atoms with Gasteiger partial charge in [-0.2, -0.15) is 0 Å². The number of benzene rings is 6. The molecule has 0 aliphatic rings. The van der Waals surface area contributed by atoms with E-state index in [0.29, 0.717) is 0 Å². The summed E-state index contributed by atoms with van der Waals surface area (Å²) in [6, 6.07) is 38.7. The molecular formula is C78H120N8PV2-6. The van der Waals surface area contributed by atoms with E-state index in [-0.39, 0.29) is 32.5 Å². The van der Waals surface area contributed by atoms with Gasteiger partial charge >= 0.3 is 50.5 Å². The van der Waals surface area contributed by atoms with Crippen LogP contribution in [0.4, 0.5) is 34.1 Å². The molecule has 0 saturated carbocycles. The van der Waals surface area contributed by atoms with Crippen LogP contribution >= 0.6 is 8.88 Å². The van der Waals surface area contributed by atoms with Gasteiger partial charge in [-0.25, -0.2) is 0 Å². The molecular weight excluding hydrogens is 1180 g/mol. The molecule has 0 amide bonds. The molecule has 0 bridgehead atoms. The Balaban J connectivity index is 0.00000103. The molecule has 0 fully saturated rings. The second-order valence-corrected chi connectivity index (χ2v) is 33.8. The van der Waals surface area contributed by atoms with Gasteiger partial charge < -0.3 is 31.9 Å². The Hall–Kier alpha value is -4.68. The van der Waals surface area contributed by atoms with Crippen molar-refractivity contribution in [3.63, 3.8) is 0 Å². The molecule has 89 heavy (non-hydrogen) atoms. The summed E-state index contributed by atoms with van der Waals surface area (Å²) in [7, 11) is 0.775. The van der Waals surface area contributed by atoms with Gasteiger partial charge in [0, 0.05) is 0 Å². The molecule has 0 aliphatic carbocycles. The monoisotopic (exact) mass is 1300 g/mol. The van der Waals surface area contributed by atoms with Crippen LogP contribution in [-0.4, -0.2) is 39.3 Å². The van der Waals surface area contributed by atoms with E-state index in [4.69, 9.17) is 0 Å². The molecule has 8 nitrogen and oxygen atoms in total. The number of nitrogens with zero attached hydrogens (tertiary/aromatic N) is 8. The second kappa shape index (κ2) is 40.3. The van der Waals surface area contributed by atoms with E-state index in [1.807, 2.05) is 0 Å². The van der Waals surface area contributed by atoms with Crippen LogP contribution in [0.2, 0.25) is 0 Å². The topological polar surface area (TPSA) is 109 Å². The van der Waals surface area contributed by atoms with Gasteiger partial charge in [0.15, 0.2) is 0 Å². The van der Waals surface area contributed by atoms with Crippen molar-refractivity contribution >= 4 is 43.0 Å². The first kappa shape index (κ1) is 84.3. The Morgan fingerprint density at radius 2 is 0.326 bits per heavy atom. The molecule has 1 radical (unpaired) electrons. The summed E-state index contributed by atoms with van der Waals surface area (Å²) in [6.07, 6.45) is 0. The summed E-state index contributed by atoms with van der Waals surface area (Å²) in [6.45, 7) is 70.4. The van der Waals surface area contributed by atoms with E-state index in [2.05, 4.69) is 390 Å². The molecule has 6 rings (SSSR count). The Morgan fingerprint density at radius 1 is 0.225 bits per heavy atom. The van der Waals surface area contributed by atoms with Gasteiger partial charge in [0.2, 0.25) is 0 Å². The van der Waals surface area contributed by atoms with Gasteiger partial charge in [0.05, 0.1) is 0 Å². The molecule has 493 valence electrons. The molecule has 0 spiro atoms. The van der Waals surface area contributed by atoms with Crippen molar-refractivity contribution in [3.05, 3.63) is 208 Å². The van der Waals surface area contributed by atoms with Gasteiger partial charge in [-0.3, -0.25) is 0 Å². The minimum atomic E-state index is 0.275. The Kier molecular flexibility index (Phi) is 38.2. The molecule has 0 unspecified atom stereocenters. The summed E-state index contributed by atoms with van der Waals surface area (Å²) in [5.74, 6) is 0. The van der Waals surface area contributed by atoms with E-state index in [9.17, 15) is 0 Å². The fraction of sp³-hybridized carbons (Fsp3) is 0.538. The van der Waals surface area contributed by atoms with Crippen LogP contribution in [0.1, 0.15) is 191 Å². The Labute approximate surface area is 568 Å². The molecule has 0 N–H and O–H groups in total. The standard InChI is InChI=1S/6C13H20N.N2P.2V/c6*1-10-6-11(2)8-12(7-10)14-9-13(3,4)5;1-3-2;;/h6*6-8H,9H2,1-5H3;;;/q6*-1;;;. The summed E-state index contributed by atoms with van der Waals surface area (Å²) >= 11 is 4.17. The van der Waals surface area contributed by atoms with Crippen molar-refractivity contribution in [2.45, 2.75) is 208 Å². The van der Waals surface area contributed by atoms with Crippen molar-refractivity contribution < 1.29 is 34.5 Å². The SMILES string of the molecule is Cc1cc(C)cc([N-]CC(C)(C)C)c1.Cc1cc(C)cc([N-]CC(C)(C)C)c1.Cc1cc(C)cc([N-]CC(C)(C)C)c1.Cc1cc(C)cc([N-]CC(C)(C)C)c1.Cc1cc(C)cc([N-]CC(C)(C)C)c1.Cc1cc(C)cc([N-]CC(C)(C)C)c1.[V]=[N][P][N]=[V]. The van der Waals surface area contributed by atoms with Crippen molar-refractivity contribution in [1.82, 2.24) is 0 Å².